The van der Waals surface area contributed by atoms with Crippen molar-refractivity contribution in [3.8, 4) is 28.7 Å². The first-order chi connectivity index (χ1) is 19.0. The van der Waals surface area contributed by atoms with E-state index in [9.17, 15) is 13.5 Å². The van der Waals surface area contributed by atoms with Crippen LogP contribution in [0.3, 0.4) is 0 Å². The van der Waals surface area contributed by atoms with Crippen LogP contribution in [0.2, 0.25) is 0 Å². The largest absolute Gasteiger partial charge is 0.493 e. The van der Waals surface area contributed by atoms with E-state index < -0.39 is 15.9 Å². The summed E-state index contributed by atoms with van der Waals surface area (Å²) < 4.78 is 61.9. The predicted molar refractivity (Wildman–Crippen MR) is 152 cm³/mol. The highest BCUT2D eigenvalue weighted by atomic mass is 32.2. The Bertz CT molecular complexity index is 1210. The third kappa shape index (κ3) is 7.72. The number of methoxy groups -OCH3 is 3. The number of ether oxygens (including phenoxy) is 6. The molecule has 0 amide bonds. The van der Waals surface area contributed by atoms with Crippen LogP contribution in [0.1, 0.15) is 56.4 Å². The Hall–Kier alpha value is -2.73. The number of hydrogen-bond donors (Lipinski definition) is 1. The molecule has 0 bridgehead atoms. The van der Waals surface area contributed by atoms with Gasteiger partial charge in [0.05, 0.1) is 52.0 Å². The molecule has 2 aromatic rings. The summed E-state index contributed by atoms with van der Waals surface area (Å²) in [5.74, 6) is 1.92. The molecule has 1 saturated heterocycles. The summed E-state index contributed by atoms with van der Waals surface area (Å²) in [6.45, 7) is 4.22. The van der Waals surface area contributed by atoms with Gasteiger partial charge in [-0.05, 0) is 75.7 Å². The van der Waals surface area contributed by atoms with Crippen LogP contribution in [0, 0.1) is 0 Å². The Kier molecular flexibility index (Phi) is 11.3. The third-order valence-electron chi connectivity index (χ3n) is 6.57. The van der Waals surface area contributed by atoms with Crippen molar-refractivity contribution in [3.63, 3.8) is 0 Å². The van der Waals surface area contributed by atoms with Gasteiger partial charge < -0.3 is 38.4 Å². The molecule has 10 nitrogen and oxygen atoms in total. The number of hydrogen-bond acceptors (Lipinski definition) is 10. The summed E-state index contributed by atoms with van der Waals surface area (Å²) in [6, 6.07) is 7.14. The summed E-state index contributed by atoms with van der Waals surface area (Å²) in [5.41, 5.74) is 1.53. The molecule has 1 fully saturated rings. The Morgan fingerprint density at radius 1 is 0.925 bits per heavy atom. The standard InChI is InChI=1S/C29H43NO9S/c1-8-12-37-29-26(38-18-19(2)31)16-21(17-27(29)40(32,33)13-11-30(3)4)23-10-9-22(39-23)20-14-24(34-5)28(36-7)25(15-20)35-6/h14-17,19,22-23,31H,8-13,18H2,1-7H3/t19?,22-,23-/m0/s1. The second kappa shape index (κ2) is 14.2. The molecule has 1 aliphatic heterocycles. The number of sulfone groups is 1. The van der Waals surface area contributed by atoms with Gasteiger partial charge in [-0.3, -0.25) is 0 Å². The molecule has 224 valence electrons. The molecule has 3 atom stereocenters. The molecule has 2 aromatic carbocycles. The van der Waals surface area contributed by atoms with Gasteiger partial charge >= 0.3 is 0 Å². The van der Waals surface area contributed by atoms with Crippen molar-refractivity contribution in [2.75, 3.05) is 60.9 Å². The molecule has 1 heterocycles. The fourth-order valence-corrected chi connectivity index (χ4v) is 6.09. The van der Waals surface area contributed by atoms with Crippen molar-refractivity contribution in [1.82, 2.24) is 4.90 Å². The minimum Gasteiger partial charge on any atom is -0.493 e. The van der Waals surface area contributed by atoms with Gasteiger partial charge in [0.15, 0.2) is 32.8 Å². The third-order valence-corrected chi connectivity index (χ3v) is 8.26. The molecule has 0 aliphatic carbocycles. The van der Waals surface area contributed by atoms with E-state index in [1.54, 1.807) is 40.4 Å². The van der Waals surface area contributed by atoms with Crippen molar-refractivity contribution in [2.24, 2.45) is 0 Å². The first-order valence-corrected chi connectivity index (χ1v) is 15.1. The second-order valence-corrected chi connectivity index (χ2v) is 12.2. The zero-order valence-electron chi connectivity index (χ0n) is 24.6. The molecular weight excluding hydrogens is 538 g/mol. The smallest absolute Gasteiger partial charge is 0.203 e. The highest BCUT2D eigenvalue weighted by molar-refractivity contribution is 7.91. The molecule has 11 heteroatoms. The van der Waals surface area contributed by atoms with Gasteiger partial charge in [-0.15, -0.1) is 0 Å². The van der Waals surface area contributed by atoms with Crippen LogP contribution in [0.5, 0.6) is 28.7 Å². The zero-order valence-corrected chi connectivity index (χ0v) is 25.4. The number of aliphatic hydroxyl groups excluding tert-OH is 1. The van der Waals surface area contributed by atoms with E-state index in [1.807, 2.05) is 38.1 Å². The maximum atomic E-state index is 13.6. The van der Waals surface area contributed by atoms with Crippen LogP contribution in [0.25, 0.3) is 0 Å². The molecule has 1 unspecified atom stereocenters. The topological polar surface area (TPSA) is 113 Å². The molecule has 0 radical (unpaired) electrons. The predicted octanol–water partition coefficient (Wildman–Crippen LogP) is 4.19. The summed E-state index contributed by atoms with van der Waals surface area (Å²) in [6.07, 6.45) is 0.639. The summed E-state index contributed by atoms with van der Waals surface area (Å²) in [7, 11) is 4.60. The number of rotatable bonds is 15. The van der Waals surface area contributed by atoms with Crippen molar-refractivity contribution in [3.05, 3.63) is 35.4 Å². The molecule has 0 spiro atoms. The van der Waals surface area contributed by atoms with E-state index >= 15 is 0 Å². The van der Waals surface area contributed by atoms with Crippen molar-refractivity contribution < 1.29 is 41.9 Å². The van der Waals surface area contributed by atoms with E-state index in [0.29, 0.717) is 55.2 Å². The van der Waals surface area contributed by atoms with Gasteiger partial charge in [-0.25, -0.2) is 8.42 Å². The molecule has 0 aromatic heterocycles. The molecule has 3 rings (SSSR count). The second-order valence-electron chi connectivity index (χ2n) is 10.1. The summed E-state index contributed by atoms with van der Waals surface area (Å²) in [5, 5.41) is 9.88. The van der Waals surface area contributed by atoms with Crippen molar-refractivity contribution in [1.29, 1.82) is 0 Å². The lowest BCUT2D eigenvalue weighted by molar-refractivity contribution is 0.0433. The Labute approximate surface area is 238 Å². The van der Waals surface area contributed by atoms with E-state index in [4.69, 9.17) is 28.4 Å². The van der Waals surface area contributed by atoms with Crippen LogP contribution in [0.4, 0.5) is 0 Å². The average Bonchev–Trinajstić information content (AvgIpc) is 3.43. The van der Waals surface area contributed by atoms with E-state index in [0.717, 1.165) is 5.56 Å². The highest BCUT2D eigenvalue weighted by Crippen LogP contribution is 2.48. The van der Waals surface area contributed by atoms with Crippen LogP contribution < -0.4 is 23.7 Å². The van der Waals surface area contributed by atoms with Crippen LogP contribution in [-0.2, 0) is 14.6 Å². The van der Waals surface area contributed by atoms with Gasteiger partial charge in [-0.1, -0.05) is 6.92 Å². The fraction of sp³-hybridized carbons (Fsp3) is 0.586. The first kappa shape index (κ1) is 31.8. The maximum absolute atomic E-state index is 13.6. The SMILES string of the molecule is CCCOc1c(OCC(C)O)cc([C@@H]2CC[C@@H](c3cc(OC)c(OC)c(OC)c3)O2)cc1S(=O)(=O)CCN(C)C. The average molecular weight is 582 g/mol. The van der Waals surface area contributed by atoms with Crippen molar-refractivity contribution in [2.45, 2.75) is 56.3 Å². The Balaban J connectivity index is 2.03. The van der Waals surface area contributed by atoms with Gasteiger partial charge in [0, 0.05) is 6.54 Å². The monoisotopic (exact) mass is 581 g/mol. The number of aliphatic hydroxyl groups is 1. The number of nitrogens with zero attached hydrogens (tertiary/aromatic N) is 1. The minimum atomic E-state index is -3.73. The quantitative estimate of drug-likeness (QED) is 0.329. The lowest BCUT2D eigenvalue weighted by atomic mass is 10.0. The Morgan fingerprint density at radius 3 is 2.00 bits per heavy atom. The van der Waals surface area contributed by atoms with Gasteiger partial charge in [0.1, 0.15) is 11.5 Å². The lowest BCUT2D eigenvalue weighted by Crippen LogP contribution is -2.23. The van der Waals surface area contributed by atoms with Gasteiger partial charge in [0.25, 0.3) is 0 Å². The van der Waals surface area contributed by atoms with Crippen LogP contribution in [-0.4, -0.2) is 85.5 Å². The first-order valence-electron chi connectivity index (χ1n) is 13.5. The van der Waals surface area contributed by atoms with Crippen LogP contribution in [0.15, 0.2) is 29.2 Å². The maximum Gasteiger partial charge on any atom is 0.203 e. The zero-order chi connectivity index (χ0) is 29.4. The van der Waals surface area contributed by atoms with E-state index in [1.165, 1.54) is 0 Å². The van der Waals surface area contributed by atoms with E-state index in [2.05, 4.69) is 0 Å². The Morgan fingerprint density at radius 2 is 1.50 bits per heavy atom. The van der Waals surface area contributed by atoms with E-state index in [-0.39, 0.29) is 41.0 Å². The summed E-state index contributed by atoms with van der Waals surface area (Å²) >= 11 is 0. The van der Waals surface area contributed by atoms with Crippen molar-refractivity contribution >= 4 is 9.84 Å². The van der Waals surface area contributed by atoms with Crippen LogP contribution >= 0.6 is 0 Å². The summed E-state index contributed by atoms with van der Waals surface area (Å²) in [4.78, 5) is 1.89. The number of benzene rings is 2. The molecule has 40 heavy (non-hydrogen) atoms. The molecule has 1 N–H and O–H groups in total. The normalized spacial score (nSPS) is 18.0. The molecule has 0 saturated carbocycles. The highest BCUT2D eigenvalue weighted by Gasteiger charge is 2.33. The van der Waals surface area contributed by atoms with Gasteiger partial charge in [0.2, 0.25) is 5.75 Å². The lowest BCUT2D eigenvalue weighted by Gasteiger charge is -2.22. The molecule has 1 aliphatic rings. The fourth-order valence-electron chi connectivity index (χ4n) is 4.51. The van der Waals surface area contributed by atoms with Gasteiger partial charge in [-0.2, -0.15) is 0 Å². The molecular formula is C29H43NO9S. The minimum absolute atomic E-state index is 0.0112.